The van der Waals surface area contributed by atoms with E-state index in [0.717, 1.165) is 0 Å². The summed E-state index contributed by atoms with van der Waals surface area (Å²) >= 11 is 0. The minimum atomic E-state index is -3.47. The average Bonchev–Trinajstić information content (AvgIpc) is 2.01. The van der Waals surface area contributed by atoms with Crippen molar-refractivity contribution >= 4 is 13.1 Å². The Bertz CT molecular complexity index is 179. The fourth-order valence-electron chi connectivity index (χ4n) is 0.571. The van der Waals surface area contributed by atoms with E-state index < -0.39 is 13.1 Å². The van der Waals surface area contributed by atoms with Gasteiger partial charge in [-0.05, 0) is 0 Å². The maximum atomic E-state index is 11.3. The van der Waals surface area contributed by atoms with Crippen molar-refractivity contribution in [3.63, 3.8) is 0 Å². The van der Waals surface area contributed by atoms with Crippen LogP contribution in [0.15, 0.2) is 0 Å². The summed E-state index contributed by atoms with van der Waals surface area (Å²) < 4.78 is 20.3. The van der Waals surface area contributed by atoms with Gasteiger partial charge in [-0.1, -0.05) is 13.8 Å². The van der Waals surface area contributed by atoms with Gasteiger partial charge in [0.25, 0.3) is 0 Å². The Balaban J connectivity index is 4.52. The van der Waals surface area contributed by atoms with E-state index in [1.807, 2.05) is 0 Å². The topological polar surface area (TPSA) is 52.6 Å². The third-order valence-electron chi connectivity index (χ3n) is 1.24. The minimum absolute atomic E-state index is 0.333. The van der Waals surface area contributed by atoms with Crippen molar-refractivity contribution in [2.24, 2.45) is 5.92 Å². The number of carbonyl (C=O) groups is 1. The Morgan fingerprint density at radius 1 is 1.27 bits per heavy atom. The first-order valence-electron chi connectivity index (χ1n) is 3.24. The van der Waals surface area contributed by atoms with Crippen molar-refractivity contribution in [2.75, 3.05) is 14.2 Å². The second-order valence-electron chi connectivity index (χ2n) is 2.36. The van der Waals surface area contributed by atoms with Gasteiger partial charge in [-0.15, -0.1) is 0 Å². The lowest BCUT2D eigenvalue weighted by Crippen LogP contribution is -2.09. The summed E-state index contributed by atoms with van der Waals surface area (Å²) in [5.74, 6) is -0.333. The lowest BCUT2D eigenvalue weighted by atomic mass is 10.3. The lowest BCUT2D eigenvalue weighted by Gasteiger charge is -2.13. The van der Waals surface area contributed by atoms with Crippen LogP contribution in [-0.2, 0) is 18.4 Å². The van der Waals surface area contributed by atoms with E-state index in [0.29, 0.717) is 0 Å². The molecule has 5 heteroatoms. The Morgan fingerprint density at radius 2 is 1.64 bits per heavy atom. The predicted molar refractivity (Wildman–Crippen MR) is 41.5 cm³/mol. The van der Waals surface area contributed by atoms with Crippen molar-refractivity contribution in [1.82, 2.24) is 0 Å². The van der Waals surface area contributed by atoms with Gasteiger partial charge in [0.05, 0.1) is 0 Å². The Hall–Kier alpha value is -0.180. The van der Waals surface area contributed by atoms with Gasteiger partial charge < -0.3 is 9.05 Å². The largest absolute Gasteiger partial charge is 0.396 e. The first-order valence-corrected chi connectivity index (χ1v) is 4.78. The van der Waals surface area contributed by atoms with Gasteiger partial charge in [-0.3, -0.25) is 9.36 Å². The number of rotatable bonds is 4. The summed E-state index contributed by atoms with van der Waals surface area (Å²) in [5.41, 5.74) is -0.484. The zero-order chi connectivity index (χ0) is 9.07. The van der Waals surface area contributed by atoms with Crippen LogP contribution in [0.2, 0.25) is 0 Å². The molecule has 0 rings (SSSR count). The Morgan fingerprint density at radius 3 is 1.73 bits per heavy atom. The number of hydrogen-bond acceptors (Lipinski definition) is 4. The van der Waals surface area contributed by atoms with Crippen molar-refractivity contribution in [3.05, 3.63) is 0 Å². The maximum Gasteiger partial charge on any atom is 0.396 e. The number of carbonyl (C=O) groups excluding carboxylic acids is 1. The molecular weight excluding hydrogens is 167 g/mol. The van der Waals surface area contributed by atoms with Gasteiger partial charge in [-0.25, -0.2) is 0 Å². The Kier molecular flexibility index (Phi) is 3.93. The van der Waals surface area contributed by atoms with E-state index in [4.69, 9.17) is 0 Å². The summed E-state index contributed by atoms with van der Waals surface area (Å²) in [4.78, 5) is 11.1. The van der Waals surface area contributed by atoms with Crippen LogP contribution in [0.4, 0.5) is 0 Å². The highest BCUT2D eigenvalue weighted by molar-refractivity contribution is 7.71. The zero-order valence-electron chi connectivity index (χ0n) is 7.16. The predicted octanol–water partition coefficient (Wildman–Crippen LogP) is 1.65. The molecule has 0 N–H and O–H groups in total. The van der Waals surface area contributed by atoms with Crippen LogP contribution in [0.25, 0.3) is 0 Å². The normalized spacial score (nSPS) is 12.1. The van der Waals surface area contributed by atoms with E-state index in [9.17, 15) is 9.36 Å². The van der Waals surface area contributed by atoms with E-state index in [1.165, 1.54) is 14.2 Å². The van der Waals surface area contributed by atoms with Crippen LogP contribution >= 0.6 is 7.60 Å². The van der Waals surface area contributed by atoms with Gasteiger partial charge in [0, 0.05) is 20.1 Å². The van der Waals surface area contributed by atoms with E-state index in [2.05, 4.69) is 9.05 Å². The molecular formula is C6H13O4P. The highest BCUT2D eigenvalue weighted by Gasteiger charge is 2.33. The molecule has 0 unspecified atom stereocenters. The molecule has 0 aromatic heterocycles. The van der Waals surface area contributed by atoms with Crippen LogP contribution in [-0.4, -0.2) is 19.7 Å². The molecule has 0 aromatic rings. The van der Waals surface area contributed by atoms with Crippen molar-refractivity contribution in [2.45, 2.75) is 13.8 Å². The van der Waals surface area contributed by atoms with E-state index >= 15 is 0 Å². The molecule has 0 heterocycles. The first kappa shape index (κ1) is 10.8. The molecule has 0 atom stereocenters. The first-order chi connectivity index (χ1) is 4.98. The highest BCUT2D eigenvalue weighted by Crippen LogP contribution is 2.49. The van der Waals surface area contributed by atoms with Crippen molar-refractivity contribution < 1.29 is 18.4 Å². The van der Waals surface area contributed by atoms with Gasteiger partial charge in [0.1, 0.15) is 0 Å². The molecule has 11 heavy (non-hydrogen) atoms. The second kappa shape index (κ2) is 4.00. The molecule has 0 bridgehead atoms. The molecule has 0 spiro atoms. The molecule has 66 valence electrons. The van der Waals surface area contributed by atoms with Crippen molar-refractivity contribution in [1.29, 1.82) is 0 Å². The van der Waals surface area contributed by atoms with Crippen LogP contribution < -0.4 is 0 Å². The van der Waals surface area contributed by atoms with Gasteiger partial charge in [0.15, 0.2) is 0 Å². The molecule has 0 aliphatic carbocycles. The number of hydrogen-bond donors (Lipinski definition) is 0. The monoisotopic (exact) mass is 180 g/mol. The summed E-state index contributed by atoms with van der Waals surface area (Å²) in [6.07, 6.45) is 0. The van der Waals surface area contributed by atoms with Gasteiger partial charge in [-0.2, -0.15) is 0 Å². The summed E-state index contributed by atoms with van der Waals surface area (Å²) in [7, 11) is -1.07. The molecule has 0 saturated heterocycles. The molecule has 0 radical (unpaired) electrons. The molecule has 0 aliphatic rings. The average molecular weight is 180 g/mol. The molecule has 0 amide bonds. The molecule has 0 fully saturated rings. The smallest absolute Gasteiger partial charge is 0.307 e. The van der Waals surface area contributed by atoms with Gasteiger partial charge in [0.2, 0.25) is 5.52 Å². The summed E-state index contributed by atoms with van der Waals surface area (Å²) in [5, 5.41) is 0. The Labute approximate surface area is 66.4 Å². The second-order valence-corrected chi connectivity index (χ2v) is 4.52. The SMILES string of the molecule is COP(=O)(OC)C(=O)C(C)C. The standard InChI is InChI=1S/C6H13O4P/c1-5(2)6(7)11(8,9-3)10-4/h5H,1-4H3. The third kappa shape index (κ3) is 2.40. The maximum absolute atomic E-state index is 11.3. The fourth-order valence-corrected chi connectivity index (χ4v) is 1.71. The van der Waals surface area contributed by atoms with Gasteiger partial charge >= 0.3 is 7.60 Å². The van der Waals surface area contributed by atoms with Crippen LogP contribution in [0, 0.1) is 5.92 Å². The van der Waals surface area contributed by atoms with E-state index in [1.54, 1.807) is 13.8 Å². The van der Waals surface area contributed by atoms with Crippen LogP contribution in [0.1, 0.15) is 13.8 Å². The molecule has 4 nitrogen and oxygen atoms in total. The third-order valence-corrected chi connectivity index (χ3v) is 3.26. The lowest BCUT2D eigenvalue weighted by molar-refractivity contribution is -0.116. The summed E-state index contributed by atoms with van der Waals surface area (Å²) in [6.45, 7) is 3.29. The van der Waals surface area contributed by atoms with Crippen LogP contribution in [0.5, 0.6) is 0 Å². The molecule has 0 aromatic carbocycles. The minimum Gasteiger partial charge on any atom is -0.307 e. The summed E-state index contributed by atoms with van der Waals surface area (Å²) in [6, 6.07) is 0. The molecule has 0 saturated carbocycles. The molecule has 0 aliphatic heterocycles. The fraction of sp³-hybridized carbons (Fsp3) is 0.833. The van der Waals surface area contributed by atoms with E-state index in [-0.39, 0.29) is 5.92 Å². The zero-order valence-corrected chi connectivity index (χ0v) is 8.05. The highest BCUT2D eigenvalue weighted by atomic mass is 31.2. The quantitative estimate of drug-likeness (QED) is 0.617. The van der Waals surface area contributed by atoms with Crippen LogP contribution in [0.3, 0.4) is 0 Å². The van der Waals surface area contributed by atoms with Crippen molar-refractivity contribution in [3.8, 4) is 0 Å².